The molecule has 0 bridgehead atoms. The van der Waals surface area contributed by atoms with Crippen LogP contribution in [0.1, 0.15) is 22.0 Å². The van der Waals surface area contributed by atoms with Crippen LogP contribution in [0.15, 0.2) is 22.7 Å². The van der Waals surface area contributed by atoms with Gasteiger partial charge in [-0.1, -0.05) is 22.0 Å². The average molecular weight is 290 g/mol. The second-order valence-corrected chi connectivity index (χ2v) is 4.14. The van der Waals surface area contributed by atoms with Crippen LogP contribution in [0, 0.1) is 0 Å². The fourth-order valence-electron chi connectivity index (χ4n) is 1.24. The average Bonchev–Trinajstić information content (AvgIpc) is 2.26. The summed E-state index contributed by atoms with van der Waals surface area (Å²) < 4.78 is 0.424. The largest absolute Gasteiger partial charge is 0.478 e. The Balaban J connectivity index is 3.03. The van der Waals surface area contributed by atoms with Crippen molar-refractivity contribution in [3.8, 4) is 0 Å². The first kappa shape index (κ1) is 13.1. The summed E-state index contributed by atoms with van der Waals surface area (Å²) >= 11 is 3.14. The number of carboxylic acids is 1. The van der Waals surface area contributed by atoms with Crippen molar-refractivity contribution in [3.05, 3.63) is 33.8 Å². The number of rotatable bonds is 4. The van der Waals surface area contributed by atoms with Crippen LogP contribution >= 0.6 is 15.9 Å². The molecule has 0 fully saturated rings. The van der Waals surface area contributed by atoms with E-state index in [4.69, 9.17) is 10.8 Å². The van der Waals surface area contributed by atoms with Gasteiger partial charge in [-0.25, -0.2) is 4.79 Å². The van der Waals surface area contributed by atoms with E-state index in [0.717, 1.165) is 0 Å². The number of carbonyl (C=O) groups is 1. The van der Waals surface area contributed by atoms with Crippen molar-refractivity contribution in [3.63, 3.8) is 0 Å². The Morgan fingerprint density at radius 2 is 2.06 bits per heavy atom. The topological polar surface area (TPSA) is 104 Å². The molecule has 0 amide bonds. The molecule has 0 aliphatic heterocycles. The van der Waals surface area contributed by atoms with Crippen molar-refractivity contribution in [2.45, 2.75) is 12.2 Å². The summed E-state index contributed by atoms with van der Waals surface area (Å²) in [6, 6.07) is 4.16. The van der Waals surface area contributed by atoms with Crippen molar-refractivity contribution in [1.29, 1.82) is 0 Å². The summed E-state index contributed by atoms with van der Waals surface area (Å²) in [4.78, 5) is 10.7. The molecule has 1 rings (SSSR count). The Hall–Kier alpha value is -0.950. The van der Waals surface area contributed by atoms with E-state index >= 15 is 0 Å². The van der Waals surface area contributed by atoms with Gasteiger partial charge in [-0.2, -0.15) is 0 Å². The lowest BCUT2D eigenvalue weighted by molar-refractivity contribution is 0.0239. The van der Waals surface area contributed by atoms with Crippen LogP contribution in [-0.2, 0) is 0 Å². The van der Waals surface area contributed by atoms with Gasteiger partial charge in [0.05, 0.1) is 11.7 Å². The Bertz CT molecular complexity index is 396. The molecule has 0 spiro atoms. The molecule has 6 heteroatoms. The zero-order valence-corrected chi connectivity index (χ0v) is 9.89. The van der Waals surface area contributed by atoms with Gasteiger partial charge in [0.15, 0.2) is 0 Å². The highest BCUT2D eigenvalue weighted by Crippen LogP contribution is 2.26. The molecule has 1 aromatic carbocycles. The van der Waals surface area contributed by atoms with E-state index in [1.807, 2.05) is 0 Å². The number of aromatic carboxylic acids is 1. The summed E-state index contributed by atoms with van der Waals surface area (Å²) in [5.74, 6) is -1.05. The van der Waals surface area contributed by atoms with E-state index in [9.17, 15) is 15.0 Å². The zero-order valence-electron chi connectivity index (χ0n) is 8.30. The third-order valence-electron chi connectivity index (χ3n) is 2.17. The minimum absolute atomic E-state index is 0.0751. The summed E-state index contributed by atoms with van der Waals surface area (Å²) in [6.45, 7) is -0.0751. The zero-order chi connectivity index (χ0) is 12.3. The van der Waals surface area contributed by atoms with E-state index in [2.05, 4.69) is 15.9 Å². The molecule has 0 saturated carbocycles. The minimum Gasteiger partial charge on any atom is -0.478 e. The van der Waals surface area contributed by atoms with Gasteiger partial charge >= 0.3 is 5.97 Å². The highest BCUT2D eigenvalue weighted by Gasteiger charge is 2.20. The quantitative estimate of drug-likeness (QED) is 0.646. The molecule has 88 valence electrons. The molecule has 5 N–H and O–H groups in total. The smallest absolute Gasteiger partial charge is 0.335 e. The molecule has 16 heavy (non-hydrogen) atoms. The summed E-state index contributed by atoms with van der Waals surface area (Å²) in [7, 11) is 0. The fraction of sp³-hybridized carbons (Fsp3) is 0.300. The Morgan fingerprint density at radius 3 is 2.50 bits per heavy atom. The number of benzene rings is 1. The number of hydrogen-bond donors (Lipinski definition) is 4. The molecular formula is C10H12BrNO4. The predicted octanol–water partition coefficient (Wildman–Crippen LogP) is 0.500. The van der Waals surface area contributed by atoms with Gasteiger partial charge in [0.25, 0.3) is 0 Å². The maximum absolute atomic E-state index is 10.7. The molecule has 0 radical (unpaired) electrons. The third-order valence-corrected chi connectivity index (χ3v) is 2.86. The van der Waals surface area contributed by atoms with Crippen LogP contribution in [0.2, 0.25) is 0 Å². The van der Waals surface area contributed by atoms with Crippen LogP contribution in [0.25, 0.3) is 0 Å². The monoisotopic (exact) mass is 289 g/mol. The summed E-state index contributed by atoms with van der Waals surface area (Å²) in [6.07, 6.45) is -2.21. The van der Waals surface area contributed by atoms with Gasteiger partial charge in [0, 0.05) is 11.0 Å². The maximum atomic E-state index is 10.7. The molecule has 0 heterocycles. The fourth-order valence-corrected chi connectivity index (χ4v) is 1.85. The van der Waals surface area contributed by atoms with Gasteiger partial charge in [0.2, 0.25) is 0 Å². The lowest BCUT2D eigenvalue weighted by Crippen LogP contribution is -2.27. The highest BCUT2D eigenvalue weighted by molar-refractivity contribution is 9.10. The molecule has 1 aromatic rings. The molecule has 0 aromatic heterocycles. The van der Waals surface area contributed by atoms with Gasteiger partial charge in [-0.3, -0.25) is 0 Å². The van der Waals surface area contributed by atoms with Crippen molar-refractivity contribution in [2.75, 3.05) is 6.54 Å². The third kappa shape index (κ3) is 2.79. The highest BCUT2D eigenvalue weighted by atomic mass is 79.9. The number of nitrogens with two attached hydrogens (primary N) is 1. The Labute approximate surface area is 101 Å². The molecule has 0 aliphatic carbocycles. The van der Waals surface area contributed by atoms with Crippen molar-refractivity contribution >= 4 is 21.9 Å². The predicted molar refractivity (Wildman–Crippen MR) is 61.1 cm³/mol. The first-order valence-corrected chi connectivity index (χ1v) is 5.35. The van der Waals surface area contributed by atoms with Crippen LogP contribution < -0.4 is 5.73 Å². The lowest BCUT2D eigenvalue weighted by Gasteiger charge is -2.17. The summed E-state index contributed by atoms with van der Waals surface area (Å²) in [5.41, 5.74) is 5.73. The van der Waals surface area contributed by atoms with Crippen molar-refractivity contribution in [2.24, 2.45) is 5.73 Å². The number of hydrogen-bond acceptors (Lipinski definition) is 4. The van der Waals surface area contributed by atoms with Crippen molar-refractivity contribution < 1.29 is 20.1 Å². The van der Waals surface area contributed by atoms with Gasteiger partial charge in [-0.05, 0) is 17.7 Å². The molecule has 2 unspecified atom stereocenters. The number of carboxylic acid groups (broad SMARTS) is 1. The summed E-state index contributed by atoms with van der Waals surface area (Å²) in [5, 5.41) is 27.8. The molecular weight excluding hydrogens is 278 g/mol. The molecule has 2 atom stereocenters. The number of halogens is 1. The minimum atomic E-state index is -1.14. The first-order chi connectivity index (χ1) is 7.47. The standard InChI is InChI=1S/C10H12BrNO4/c11-7-3-5(10(15)16)1-2-6(7)9(14)8(13)4-12/h1-3,8-9,13-14H,4,12H2,(H,15,16). The van der Waals surface area contributed by atoms with Crippen molar-refractivity contribution in [1.82, 2.24) is 0 Å². The van der Waals surface area contributed by atoms with Crippen LogP contribution in [0.5, 0.6) is 0 Å². The van der Waals surface area contributed by atoms with Gasteiger partial charge in [0.1, 0.15) is 6.10 Å². The first-order valence-electron chi connectivity index (χ1n) is 4.56. The number of aliphatic hydroxyl groups is 2. The molecule has 0 saturated heterocycles. The van der Waals surface area contributed by atoms with Crippen LogP contribution in [0.3, 0.4) is 0 Å². The number of aliphatic hydroxyl groups excluding tert-OH is 2. The lowest BCUT2D eigenvalue weighted by atomic mass is 10.0. The normalized spacial score (nSPS) is 14.5. The van der Waals surface area contributed by atoms with Gasteiger partial charge < -0.3 is 21.1 Å². The van der Waals surface area contributed by atoms with Gasteiger partial charge in [-0.15, -0.1) is 0 Å². The molecule has 0 aliphatic rings. The second-order valence-electron chi connectivity index (χ2n) is 3.29. The van der Waals surface area contributed by atoms with E-state index < -0.39 is 18.2 Å². The second kappa shape index (κ2) is 5.40. The Kier molecular flexibility index (Phi) is 4.43. The van der Waals surface area contributed by atoms with E-state index in [-0.39, 0.29) is 12.1 Å². The van der Waals surface area contributed by atoms with Crippen LogP contribution in [0.4, 0.5) is 0 Å². The van der Waals surface area contributed by atoms with Crippen LogP contribution in [-0.4, -0.2) is 33.9 Å². The van der Waals surface area contributed by atoms with E-state index in [1.54, 1.807) is 0 Å². The van der Waals surface area contributed by atoms with E-state index in [0.29, 0.717) is 10.0 Å². The molecule has 5 nitrogen and oxygen atoms in total. The Morgan fingerprint density at radius 1 is 1.44 bits per heavy atom. The SMILES string of the molecule is NCC(O)C(O)c1ccc(C(=O)O)cc1Br. The maximum Gasteiger partial charge on any atom is 0.335 e. The van der Waals surface area contributed by atoms with E-state index in [1.165, 1.54) is 18.2 Å².